The maximum atomic E-state index is 11.3. The van der Waals surface area contributed by atoms with E-state index in [1.807, 2.05) is 6.07 Å². The highest BCUT2D eigenvalue weighted by atomic mass is 32.2. The lowest BCUT2D eigenvalue weighted by atomic mass is 10.2. The molecule has 0 saturated carbocycles. The molecule has 0 fully saturated rings. The van der Waals surface area contributed by atoms with Crippen LogP contribution < -0.4 is 14.2 Å². The fourth-order valence-corrected chi connectivity index (χ4v) is 2.40. The average molecular weight is 335 g/mol. The minimum Gasteiger partial charge on any atom is -0.497 e. The minimum absolute atomic E-state index is 0.0849. The SMILES string of the molecule is COc1cc(Oc2cccc(OC)c2C#N)cc(S(=O)(=O)O)c1. The van der Waals surface area contributed by atoms with E-state index in [0.29, 0.717) is 5.75 Å². The normalized spacial score (nSPS) is 10.7. The van der Waals surface area contributed by atoms with Gasteiger partial charge in [-0.05, 0) is 12.1 Å². The lowest BCUT2D eigenvalue weighted by Crippen LogP contribution is -2.00. The van der Waals surface area contributed by atoms with Crippen molar-refractivity contribution in [2.24, 2.45) is 0 Å². The van der Waals surface area contributed by atoms with Crippen LogP contribution in [-0.4, -0.2) is 27.2 Å². The van der Waals surface area contributed by atoms with Gasteiger partial charge < -0.3 is 14.2 Å². The van der Waals surface area contributed by atoms with Gasteiger partial charge in [-0.3, -0.25) is 4.55 Å². The van der Waals surface area contributed by atoms with Crippen LogP contribution in [0.3, 0.4) is 0 Å². The summed E-state index contributed by atoms with van der Waals surface area (Å²) in [7, 11) is -1.66. The van der Waals surface area contributed by atoms with Gasteiger partial charge in [0.2, 0.25) is 0 Å². The highest BCUT2D eigenvalue weighted by Crippen LogP contribution is 2.34. The first kappa shape index (κ1) is 16.6. The van der Waals surface area contributed by atoms with E-state index in [4.69, 9.17) is 14.2 Å². The molecule has 0 saturated heterocycles. The third-order valence-corrected chi connectivity index (χ3v) is 3.77. The zero-order chi connectivity index (χ0) is 17.0. The standard InChI is InChI=1S/C15H13NO6S/c1-20-10-6-11(8-12(7-10)23(17,18)19)22-15-5-3-4-14(21-2)13(15)9-16/h3-8H,1-2H3,(H,17,18,19). The smallest absolute Gasteiger partial charge is 0.294 e. The van der Waals surface area contributed by atoms with Crippen LogP contribution in [0.1, 0.15) is 5.56 Å². The van der Waals surface area contributed by atoms with Crippen LogP contribution in [0.25, 0.3) is 0 Å². The van der Waals surface area contributed by atoms with Gasteiger partial charge in [0, 0.05) is 18.2 Å². The summed E-state index contributed by atoms with van der Waals surface area (Å²) in [6.07, 6.45) is 0. The molecule has 0 amide bonds. The van der Waals surface area contributed by atoms with Crippen molar-refractivity contribution in [1.29, 1.82) is 5.26 Å². The topological polar surface area (TPSA) is 106 Å². The molecule has 1 N–H and O–H groups in total. The summed E-state index contributed by atoms with van der Waals surface area (Å²) in [5, 5.41) is 9.22. The number of benzene rings is 2. The first-order valence-corrected chi connectivity index (χ1v) is 7.74. The number of nitriles is 1. The molecule has 2 rings (SSSR count). The van der Waals surface area contributed by atoms with Gasteiger partial charge in [-0.1, -0.05) is 6.07 Å². The van der Waals surface area contributed by atoms with Gasteiger partial charge >= 0.3 is 0 Å². The third kappa shape index (κ3) is 3.71. The summed E-state index contributed by atoms with van der Waals surface area (Å²) in [6.45, 7) is 0. The molecule has 120 valence electrons. The molecule has 0 bridgehead atoms. The van der Waals surface area contributed by atoms with E-state index < -0.39 is 10.1 Å². The molecule has 0 spiro atoms. The highest BCUT2D eigenvalue weighted by Gasteiger charge is 2.16. The minimum atomic E-state index is -4.43. The second-order valence-electron chi connectivity index (χ2n) is 4.37. The van der Waals surface area contributed by atoms with Crippen molar-refractivity contribution < 1.29 is 27.2 Å². The molecule has 0 heterocycles. The van der Waals surface area contributed by atoms with Crippen molar-refractivity contribution in [2.45, 2.75) is 4.90 Å². The van der Waals surface area contributed by atoms with Gasteiger partial charge in [0.15, 0.2) is 0 Å². The van der Waals surface area contributed by atoms with E-state index in [9.17, 15) is 18.2 Å². The molecule has 0 atom stereocenters. The quantitative estimate of drug-likeness (QED) is 0.837. The highest BCUT2D eigenvalue weighted by molar-refractivity contribution is 7.85. The summed E-state index contributed by atoms with van der Waals surface area (Å²) in [6, 6.07) is 10.4. The van der Waals surface area contributed by atoms with Gasteiger partial charge in [-0.15, -0.1) is 0 Å². The summed E-state index contributed by atoms with van der Waals surface area (Å²) in [5.74, 6) is 0.766. The number of hydrogen-bond donors (Lipinski definition) is 1. The summed E-state index contributed by atoms with van der Waals surface area (Å²) >= 11 is 0. The Morgan fingerprint density at radius 3 is 2.26 bits per heavy atom. The molecule has 23 heavy (non-hydrogen) atoms. The zero-order valence-electron chi connectivity index (χ0n) is 12.3. The molecule has 0 radical (unpaired) electrons. The largest absolute Gasteiger partial charge is 0.497 e. The maximum absolute atomic E-state index is 11.3. The van der Waals surface area contributed by atoms with Crippen molar-refractivity contribution >= 4 is 10.1 Å². The Labute approximate surface area is 133 Å². The average Bonchev–Trinajstić information content (AvgIpc) is 2.53. The predicted octanol–water partition coefficient (Wildman–Crippen LogP) is 2.61. The van der Waals surface area contributed by atoms with E-state index in [-0.39, 0.29) is 27.7 Å². The molecule has 0 unspecified atom stereocenters. The van der Waals surface area contributed by atoms with Crippen LogP contribution in [0.2, 0.25) is 0 Å². The van der Waals surface area contributed by atoms with Gasteiger partial charge in [0.1, 0.15) is 39.5 Å². The Morgan fingerprint density at radius 2 is 1.70 bits per heavy atom. The van der Waals surface area contributed by atoms with Crippen molar-refractivity contribution in [2.75, 3.05) is 14.2 Å². The molecule has 2 aromatic rings. The maximum Gasteiger partial charge on any atom is 0.294 e. The zero-order valence-corrected chi connectivity index (χ0v) is 13.1. The lowest BCUT2D eigenvalue weighted by Gasteiger charge is -2.12. The molecule has 0 aliphatic carbocycles. The first-order chi connectivity index (χ1) is 10.9. The van der Waals surface area contributed by atoms with E-state index in [1.54, 1.807) is 12.1 Å². The van der Waals surface area contributed by atoms with Crippen molar-refractivity contribution in [3.8, 4) is 29.1 Å². The molecule has 0 aliphatic heterocycles. The second kappa shape index (κ2) is 6.56. The molecule has 2 aromatic carbocycles. The third-order valence-electron chi connectivity index (χ3n) is 2.93. The number of nitrogens with zero attached hydrogens (tertiary/aromatic N) is 1. The molecule has 7 nitrogen and oxygen atoms in total. The van der Waals surface area contributed by atoms with E-state index in [0.717, 1.165) is 12.1 Å². The molecule has 0 aliphatic rings. The van der Waals surface area contributed by atoms with E-state index >= 15 is 0 Å². The second-order valence-corrected chi connectivity index (χ2v) is 5.79. The predicted molar refractivity (Wildman–Crippen MR) is 80.6 cm³/mol. The van der Waals surface area contributed by atoms with Crippen LogP contribution in [0.15, 0.2) is 41.3 Å². The fourth-order valence-electron chi connectivity index (χ4n) is 1.87. The van der Waals surface area contributed by atoms with Gasteiger partial charge in [-0.25, -0.2) is 0 Å². The van der Waals surface area contributed by atoms with Crippen LogP contribution >= 0.6 is 0 Å². The van der Waals surface area contributed by atoms with Crippen molar-refractivity contribution in [3.05, 3.63) is 42.0 Å². The first-order valence-electron chi connectivity index (χ1n) is 6.30. The van der Waals surface area contributed by atoms with Crippen LogP contribution in [0.5, 0.6) is 23.0 Å². The van der Waals surface area contributed by atoms with Gasteiger partial charge in [-0.2, -0.15) is 13.7 Å². The molecule has 8 heteroatoms. The lowest BCUT2D eigenvalue weighted by molar-refractivity contribution is 0.400. The summed E-state index contributed by atoms with van der Waals surface area (Å²) < 4.78 is 47.4. The molecule has 0 aromatic heterocycles. The number of methoxy groups -OCH3 is 2. The van der Waals surface area contributed by atoms with Gasteiger partial charge in [0.05, 0.1) is 14.2 Å². The monoisotopic (exact) mass is 335 g/mol. The summed E-state index contributed by atoms with van der Waals surface area (Å²) in [5.41, 5.74) is 0.159. The molecular formula is C15H13NO6S. The van der Waals surface area contributed by atoms with Crippen LogP contribution in [0, 0.1) is 11.3 Å². The van der Waals surface area contributed by atoms with E-state index in [1.165, 1.54) is 26.4 Å². The number of ether oxygens (including phenoxy) is 3. The summed E-state index contributed by atoms with van der Waals surface area (Å²) in [4.78, 5) is -0.381. The van der Waals surface area contributed by atoms with Crippen molar-refractivity contribution in [1.82, 2.24) is 0 Å². The van der Waals surface area contributed by atoms with E-state index in [2.05, 4.69) is 0 Å². The Bertz CT molecular complexity index is 870. The van der Waals surface area contributed by atoms with Crippen LogP contribution in [-0.2, 0) is 10.1 Å². The Morgan fingerprint density at radius 1 is 1.04 bits per heavy atom. The number of rotatable bonds is 5. The van der Waals surface area contributed by atoms with Crippen LogP contribution in [0.4, 0.5) is 0 Å². The number of hydrogen-bond acceptors (Lipinski definition) is 6. The Balaban J connectivity index is 2.51. The van der Waals surface area contributed by atoms with Crippen molar-refractivity contribution in [3.63, 3.8) is 0 Å². The Kier molecular flexibility index (Phi) is 4.74. The van der Waals surface area contributed by atoms with Gasteiger partial charge in [0.25, 0.3) is 10.1 Å². The fraction of sp³-hybridized carbons (Fsp3) is 0.133. The molecular weight excluding hydrogens is 322 g/mol. The Hall–Kier alpha value is -2.76.